The Morgan fingerprint density at radius 2 is 1.62 bits per heavy atom. The smallest absolute Gasteiger partial charge is 0.325 e. The number of carbonyl (C=O) groups is 3. The highest BCUT2D eigenvalue weighted by molar-refractivity contribution is 5.96. The average Bonchev–Trinajstić information content (AvgIpc) is 2.75. The summed E-state index contributed by atoms with van der Waals surface area (Å²) in [6, 6.07) is 15.8. The minimum atomic E-state index is -0.667. The van der Waals surface area contributed by atoms with Gasteiger partial charge in [-0.1, -0.05) is 31.5 Å². The number of hydrogen-bond donors (Lipinski definition) is 1. The summed E-state index contributed by atoms with van der Waals surface area (Å²) >= 11 is 0. The van der Waals surface area contributed by atoms with E-state index in [9.17, 15) is 14.4 Å². The van der Waals surface area contributed by atoms with E-state index in [1.165, 1.54) is 4.90 Å². The maximum atomic E-state index is 12.1. The lowest BCUT2D eigenvalue weighted by Gasteiger charge is -2.16. The lowest BCUT2D eigenvalue weighted by molar-refractivity contribution is -0.150. The molecule has 2 aromatic carbocycles. The van der Waals surface area contributed by atoms with Crippen LogP contribution in [0.2, 0.25) is 0 Å². The number of hydrogen-bond acceptors (Lipinski definition) is 5. The fourth-order valence-corrected chi connectivity index (χ4v) is 2.38. The van der Waals surface area contributed by atoms with Gasteiger partial charge in [0.15, 0.2) is 6.61 Å². The van der Waals surface area contributed by atoms with Crippen molar-refractivity contribution in [1.29, 1.82) is 0 Å². The van der Waals surface area contributed by atoms with Gasteiger partial charge in [0.1, 0.15) is 18.0 Å². The zero-order valence-electron chi connectivity index (χ0n) is 16.7. The molecule has 0 bridgehead atoms. The summed E-state index contributed by atoms with van der Waals surface area (Å²) in [5.41, 5.74) is 0.383. The fraction of sp³-hybridized carbons (Fsp3) is 0.318. The van der Waals surface area contributed by atoms with E-state index in [4.69, 9.17) is 9.47 Å². The number of para-hydroxylation sites is 1. The van der Waals surface area contributed by atoms with E-state index >= 15 is 0 Å². The first-order valence-corrected chi connectivity index (χ1v) is 9.50. The molecular weight excluding hydrogens is 372 g/mol. The van der Waals surface area contributed by atoms with Gasteiger partial charge in [-0.3, -0.25) is 14.4 Å². The molecule has 2 amide bonds. The molecule has 0 atom stereocenters. The maximum absolute atomic E-state index is 12.1. The van der Waals surface area contributed by atoms with Crippen LogP contribution in [0.4, 0.5) is 0 Å². The van der Waals surface area contributed by atoms with Crippen LogP contribution in [0.15, 0.2) is 54.6 Å². The van der Waals surface area contributed by atoms with Crippen molar-refractivity contribution in [1.82, 2.24) is 10.2 Å². The number of amides is 2. The summed E-state index contributed by atoms with van der Waals surface area (Å²) in [6.45, 7) is 2.01. The van der Waals surface area contributed by atoms with Crippen LogP contribution in [-0.4, -0.2) is 49.4 Å². The van der Waals surface area contributed by atoms with Gasteiger partial charge >= 0.3 is 5.97 Å². The van der Waals surface area contributed by atoms with Crippen molar-refractivity contribution in [3.05, 3.63) is 60.2 Å². The fourth-order valence-electron chi connectivity index (χ4n) is 2.38. The van der Waals surface area contributed by atoms with Crippen LogP contribution in [0, 0.1) is 0 Å². The lowest BCUT2D eigenvalue weighted by atomic mass is 10.2. The predicted octanol–water partition coefficient (Wildman–Crippen LogP) is 3.01. The summed E-state index contributed by atoms with van der Waals surface area (Å²) < 4.78 is 10.6. The van der Waals surface area contributed by atoms with E-state index in [-0.39, 0.29) is 19.1 Å². The van der Waals surface area contributed by atoms with Gasteiger partial charge in [0.25, 0.3) is 11.8 Å². The molecule has 0 aliphatic rings. The number of likely N-dealkylation sites (N-methyl/N-ethyl adjacent to an activating group) is 1. The van der Waals surface area contributed by atoms with E-state index in [2.05, 4.69) is 5.32 Å². The van der Waals surface area contributed by atoms with Crippen LogP contribution in [-0.2, 0) is 14.3 Å². The second-order valence-electron chi connectivity index (χ2n) is 6.45. The molecule has 0 aromatic heterocycles. The molecule has 0 aliphatic heterocycles. The van der Waals surface area contributed by atoms with Crippen molar-refractivity contribution in [2.45, 2.75) is 19.8 Å². The first-order chi connectivity index (χ1) is 14.0. The van der Waals surface area contributed by atoms with Gasteiger partial charge in [-0.05, 0) is 42.8 Å². The van der Waals surface area contributed by atoms with Crippen LogP contribution in [0.1, 0.15) is 30.1 Å². The normalized spacial score (nSPS) is 10.1. The number of carbonyl (C=O) groups excluding carboxylic acids is 3. The zero-order chi connectivity index (χ0) is 21.1. The second kappa shape index (κ2) is 11.5. The van der Waals surface area contributed by atoms with Gasteiger partial charge in [0.05, 0.1) is 0 Å². The summed E-state index contributed by atoms with van der Waals surface area (Å²) in [6.07, 6.45) is 1.87. The molecule has 0 spiro atoms. The molecule has 1 N–H and O–H groups in total. The molecule has 0 saturated heterocycles. The molecule has 0 aliphatic carbocycles. The molecule has 7 nitrogen and oxygen atoms in total. The monoisotopic (exact) mass is 398 g/mol. The van der Waals surface area contributed by atoms with Gasteiger partial charge in [-0.25, -0.2) is 0 Å². The van der Waals surface area contributed by atoms with Gasteiger partial charge in [0, 0.05) is 19.2 Å². The number of benzene rings is 2. The van der Waals surface area contributed by atoms with Crippen molar-refractivity contribution >= 4 is 17.8 Å². The number of ether oxygens (including phenoxy) is 2. The first-order valence-electron chi connectivity index (χ1n) is 9.50. The third-order valence-electron chi connectivity index (χ3n) is 4.12. The highest BCUT2D eigenvalue weighted by Gasteiger charge is 2.13. The summed E-state index contributed by atoms with van der Waals surface area (Å²) in [5, 5.41) is 2.48. The Morgan fingerprint density at radius 1 is 0.966 bits per heavy atom. The Bertz CT molecular complexity index is 806. The van der Waals surface area contributed by atoms with Crippen LogP contribution >= 0.6 is 0 Å². The topological polar surface area (TPSA) is 84.9 Å². The molecule has 2 rings (SSSR count). The summed E-state index contributed by atoms with van der Waals surface area (Å²) in [4.78, 5) is 37.2. The quantitative estimate of drug-likeness (QED) is 0.622. The second-order valence-corrected chi connectivity index (χ2v) is 6.45. The molecule has 154 valence electrons. The molecule has 0 saturated carbocycles. The minimum Gasteiger partial charge on any atom is -0.457 e. The van der Waals surface area contributed by atoms with Gasteiger partial charge < -0.3 is 19.7 Å². The Morgan fingerprint density at radius 3 is 2.28 bits per heavy atom. The molecule has 0 fully saturated rings. The molecule has 0 heterocycles. The Balaban J connectivity index is 1.74. The van der Waals surface area contributed by atoms with Crippen molar-refractivity contribution in [3.8, 4) is 11.5 Å². The molecule has 7 heteroatoms. The number of rotatable bonds is 10. The van der Waals surface area contributed by atoms with Crippen molar-refractivity contribution in [2.75, 3.05) is 26.7 Å². The first kappa shape index (κ1) is 21.9. The largest absolute Gasteiger partial charge is 0.457 e. The van der Waals surface area contributed by atoms with E-state index in [0.29, 0.717) is 23.6 Å². The van der Waals surface area contributed by atoms with Gasteiger partial charge in [-0.15, -0.1) is 0 Å². The lowest BCUT2D eigenvalue weighted by Crippen LogP contribution is -2.35. The number of esters is 1. The minimum absolute atomic E-state index is 0.271. The summed E-state index contributed by atoms with van der Waals surface area (Å²) in [5.74, 6) is -0.0634. The van der Waals surface area contributed by atoms with Crippen LogP contribution < -0.4 is 10.1 Å². The standard InChI is InChI=1S/C22H26N2O5/c1-3-4-14-24(2)20(25)16-28-21(26)15-23-22(27)17-10-12-19(13-11-17)29-18-8-6-5-7-9-18/h5-13H,3-4,14-16H2,1-2H3,(H,23,27). The highest BCUT2D eigenvalue weighted by atomic mass is 16.5. The molecule has 0 radical (unpaired) electrons. The molecular formula is C22H26N2O5. The van der Waals surface area contributed by atoms with E-state index < -0.39 is 11.9 Å². The van der Waals surface area contributed by atoms with Crippen molar-refractivity contribution < 1.29 is 23.9 Å². The molecule has 2 aromatic rings. The Labute approximate surface area is 170 Å². The highest BCUT2D eigenvalue weighted by Crippen LogP contribution is 2.21. The van der Waals surface area contributed by atoms with Crippen molar-refractivity contribution in [2.24, 2.45) is 0 Å². The SMILES string of the molecule is CCCCN(C)C(=O)COC(=O)CNC(=O)c1ccc(Oc2ccccc2)cc1. The third kappa shape index (κ3) is 7.65. The van der Waals surface area contributed by atoms with E-state index in [0.717, 1.165) is 12.8 Å². The number of unbranched alkanes of at least 4 members (excludes halogenated alkanes) is 1. The summed E-state index contributed by atoms with van der Waals surface area (Å²) in [7, 11) is 1.67. The Hall–Kier alpha value is -3.35. The average molecular weight is 398 g/mol. The maximum Gasteiger partial charge on any atom is 0.325 e. The van der Waals surface area contributed by atoms with E-state index in [1.54, 1.807) is 31.3 Å². The Kier molecular flexibility index (Phi) is 8.69. The molecule has 0 unspecified atom stereocenters. The van der Waals surface area contributed by atoms with Crippen LogP contribution in [0.25, 0.3) is 0 Å². The van der Waals surface area contributed by atoms with Crippen LogP contribution in [0.5, 0.6) is 11.5 Å². The van der Waals surface area contributed by atoms with Crippen LogP contribution in [0.3, 0.4) is 0 Å². The predicted molar refractivity (Wildman–Crippen MR) is 109 cm³/mol. The third-order valence-corrected chi connectivity index (χ3v) is 4.12. The van der Waals surface area contributed by atoms with E-state index in [1.807, 2.05) is 37.3 Å². The zero-order valence-corrected chi connectivity index (χ0v) is 16.7. The molecule has 29 heavy (non-hydrogen) atoms. The number of nitrogens with one attached hydrogen (secondary N) is 1. The van der Waals surface area contributed by atoms with Crippen molar-refractivity contribution in [3.63, 3.8) is 0 Å². The van der Waals surface area contributed by atoms with Gasteiger partial charge in [-0.2, -0.15) is 0 Å². The number of nitrogens with zero attached hydrogens (tertiary/aromatic N) is 1. The van der Waals surface area contributed by atoms with Gasteiger partial charge in [0.2, 0.25) is 0 Å².